The number of rotatable bonds is 6. The van der Waals surface area contributed by atoms with Crippen molar-refractivity contribution in [2.75, 3.05) is 31.3 Å². The molecule has 0 aromatic carbocycles. The molecule has 0 fully saturated rings. The van der Waals surface area contributed by atoms with Gasteiger partial charge in [0.05, 0.1) is 20.1 Å². The second-order valence-corrected chi connectivity index (χ2v) is 3.13. The Hall–Kier alpha value is -2.05. The minimum absolute atomic E-state index is 0.250. The first-order chi connectivity index (χ1) is 8.19. The predicted octanol–water partition coefficient (Wildman–Crippen LogP) is 0.432. The summed E-state index contributed by atoms with van der Waals surface area (Å²) >= 11 is 0. The molecule has 0 spiro atoms. The van der Waals surface area contributed by atoms with Crippen LogP contribution in [0.1, 0.15) is 13.3 Å². The van der Waals surface area contributed by atoms with Crippen molar-refractivity contribution in [1.29, 1.82) is 0 Å². The fourth-order valence-corrected chi connectivity index (χ4v) is 1.20. The summed E-state index contributed by atoms with van der Waals surface area (Å²) in [4.78, 5) is 18.9. The highest BCUT2D eigenvalue weighted by molar-refractivity contribution is 5.71. The van der Waals surface area contributed by atoms with Gasteiger partial charge >= 0.3 is 5.97 Å². The van der Waals surface area contributed by atoms with Crippen molar-refractivity contribution in [3.05, 3.63) is 6.33 Å². The van der Waals surface area contributed by atoms with Gasteiger partial charge < -0.3 is 20.5 Å². The predicted molar refractivity (Wildman–Crippen MR) is 62.7 cm³/mol. The highest BCUT2D eigenvalue weighted by Gasteiger charge is 2.08. The molecule has 3 N–H and O–H groups in total. The number of hydrogen-bond acceptors (Lipinski definition) is 7. The molecule has 17 heavy (non-hydrogen) atoms. The lowest BCUT2D eigenvalue weighted by atomic mass is 10.4. The average Bonchev–Trinajstić information content (AvgIpc) is 2.32. The Morgan fingerprint density at radius 1 is 1.53 bits per heavy atom. The third-order valence-electron chi connectivity index (χ3n) is 1.97. The molecule has 0 aliphatic carbocycles. The van der Waals surface area contributed by atoms with Crippen LogP contribution in [-0.2, 0) is 9.53 Å². The standard InChI is InChI=1S/C10H16N4O3/c1-3-17-7(15)4-5-12-9-8(11)10(16-2)14-6-13-9/h6H,3-5,11H2,1-2H3,(H,12,13,14). The van der Waals surface area contributed by atoms with Crippen LogP contribution in [0.2, 0.25) is 0 Å². The number of nitrogen functional groups attached to an aromatic ring is 1. The fraction of sp³-hybridized carbons (Fsp3) is 0.500. The first-order valence-corrected chi connectivity index (χ1v) is 5.23. The zero-order chi connectivity index (χ0) is 12.7. The first-order valence-electron chi connectivity index (χ1n) is 5.23. The molecule has 0 saturated heterocycles. The summed E-state index contributed by atoms with van der Waals surface area (Å²) in [7, 11) is 1.47. The third kappa shape index (κ3) is 3.78. The lowest BCUT2D eigenvalue weighted by Gasteiger charge is -2.09. The second kappa shape index (κ2) is 6.51. The molecule has 7 heteroatoms. The van der Waals surface area contributed by atoms with Crippen molar-refractivity contribution in [2.45, 2.75) is 13.3 Å². The Labute approximate surface area is 99.3 Å². The molecule has 7 nitrogen and oxygen atoms in total. The Kier molecular flexibility index (Phi) is 4.99. The number of nitrogens with two attached hydrogens (primary N) is 1. The van der Waals surface area contributed by atoms with Gasteiger partial charge in [-0.2, -0.15) is 4.98 Å². The summed E-state index contributed by atoms with van der Waals surface area (Å²) in [5.41, 5.74) is 6.06. The van der Waals surface area contributed by atoms with Crippen LogP contribution in [-0.4, -0.2) is 36.2 Å². The number of carbonyl (C=O) groups excluding carboxylic acids is 1. The molecule has 0 amide bonds. The van der Waals surface area contributed by atoms with Gasteiger partial charge in [-0.3, -0.25) is 4.79 Å². The van der Waals surface area contributed by atoms with Crippen molar-refractivity contribution in [3.63, 3.8) is 0 Å². The van der Waals surface area contributed by atoms with Crippen molar-refractivity contribution >= 4 is 17.5 Å². The Balaban J connectivity index is 2.49. The number of ether oxygens (including phenoxy) is 2. The summed E-state index contributed by atoms with van der Waals surface area (Å²) in [6.07, 6.45) is 1.58. The van der Waals surface area contributed by atoms with Gasteiger partial charge in [0.15, 0.2) is 5.82 Å². The molecule has 0 aliphatic heterocycles. The van der Waals surface area contributed by atoms with Crippen LogP contribution in [0.25, 0.3) is 0 Å². The Morgan fingerprint density at radius 3 is 2.94 bits per heavy atom. The molecule has 0 bridgehead atoms. The first kappa shape index (κ1) is 13.0. The van der Waals surface area contributed by atoms with Crippen LogP contribution in [0.4, 0.5) is 11.5 Å². The maximum atomic E-state index is 11.1. The largest absolute Gasteiger partial charge is 0.479 e. The number of nitrogens with zero attached hydrogens (tertiary/aromatic N) is 2. The zero-order valence-corrected chi connectivity index (χ0v) is 9.90. The highest BCUT2D eigenvalue weighted by atomic mass is 16.5. The SMILES string of the molecule is CCOC(=O)CCNc1ncnc(OC)c1N. The van der Waals surface area contributed by atoms with Crippen molar-refractivity contribution in [1.82, 2.24) is 9.97 Å². The Bertz CT molecular complexity index is 384. The van der Waals surface area contributed by atoms with E-state index in [1.807, 2.05) is 0 Å². The van der Waals surface area contributed by atoms with E-state index in [4.69, 9.17) is 15.2 Å². The minimum Gasteiger partial charge on any atom is -0.479 e. The molecule has 0 aliphatic rings. The van der Waals surface area contributed by atoms with Crippen LogP contribution in [0.5, 0.6) is 5.88 Å². The van der Waals surface area contributed by atoms with E-state index in [9.17, 15) is 4.79 Å². The number of esters is 1. The third-order valence-corrected chi connectivity index (χ3v) is 1.97. The lowest BCUT2D eigenvalue weighted by Crippen LogP contribution is -2.13. The Morgan fingerprint density at radius 2 is 2.29 bits per heavy atom. The highest BCUT2D eigenvalue weighted by Crippen LogP contribution is 2.23. The molecule has 1 aromatic rings. The molecular formula is C10H16N4O3. The van der Waals surface area contributed by atoms with E-state index in [-0.39, 0.29) is 12.4 Å². The lowest BCUT2D eigenvalue weighted by molar-refractivity contribution is -0.142. The van der Waals surface area contributed by atoms with Gasteiger partial charge in [-0.05, 0) is 6.92 Å². The number of anilines is 2. The number of methoxy groups -OCH3 is 1. The minimum atomic E-state index is -0.264. The molecule has 0 radical (unpaired) electrons. The van der Waals surface area contributed by atoms with Gasteiger partial charge in [0.25, 0.3) is 0 Å². The molecule has 1 rings (SSSR count). The normalized spacial score (nSPS) is 9.76. The van der Waals surface area contributed by atoms with Crippen LogP contribution < -0.4 is 15.8 Å². The van der Waals surface area contributed by atoms with Crippen LogP contribution >= 0.6 is 0 Å². The number of aromatic nitrogens is 2. The summed E-state index contributed by atoms with van der Waals surface area (Å²) in [6, 6.07) is 0. The monoisotopic (exact) mass is 240 g/mol. The molecule has 0 saturated carbocycles. The van der Waals surface area contributed by atoms with Crippen LogP contribution in [0.15, 0.2) is 6.33 Å². The maximum absolute atomic E-state index is 11.1. The smallest absolute Gasteiger partial charge is 0.307 e. The fourth-order valence-electron chi connectivity index (χ4n) is 1.20. The number of hydrogen-bond donors (Lipinski definition) is 2. The van der Waals surface area contributed by atoms with Gasteiger partial charge in [-0.1, -0.05) is 0 Å². The van der Waals surface area contributed by atoms with Crippen LogP contribution in [0, 0.1) is 0 Å². The zero-order valence-electron chi connectivity index (χ0n) is 9.90. The summed E-state index contributed by atoms with van der Waals surface area (Å²) in [5.74, 6) is 0.486. The molecule has 94 valence electrons. The van der Waals surface area contributed by atoms with Gasteiger partial charge in [-0.25, -0.2) is 4.98 Å². The van der Waals surface area contributed by atoms with E-state index < -0.39 is 0 Å². The molecule has 1 aromatic heterocycles. The number of carbonyl (C=O) groups is 1. The van der Waals surface area contributed by atoms with E-state index in [1.54, 1.807) is 6.92 Å². The van der Waals surface area contributed by atoms with Crippen molar-refractivity contribution < 1.29 is 14.3 Å². The van der Waals surface area contributed by atoms with Crippen molar-refractivity contribution in [3.8, 4) is 5.88 Å². The van der Waals surface area contributed by atoms with Gasteiger partial charge in [0, 0.05) is 6.54 Å². The van der Waals surface area contributed by atoms with Gasteiger partial charge in [0.2, 0.25) is 5.88 Å². The van der Waals surface area contributed by atoms with Crippen LogP contribution in [0.3, 0.4) is 0 Å². The quantitative estimate of drug-likeness (QED) is 0.695. The van der Waals surface area contributed by atoms with E-state index in [0.717, 1.165) is 0 Å². The van der Waals surface area contributed by atoms with Gasteiger partial charge in [0.1, 0.15) is 12.0 Å². The molecular weight excluding hydrogens is 224 g/mol. The second-order valence-electron chi connectivity index (χ2n) is 3.13. The molecule has 0 unspecified atom stereocenters. The van der Waals surface area contributed by atoms with Crippen molar-refractivity contribution in [2.24, 2.45) is 0 Å². The molecule has 1 heterocycles. The van der Waals surface area contributed by atoms with Gasteiger partial charge in [-0.15, -0.1) is 0 Å². The van der Waals surface area contributed by atoms with E-state index in [0.29, 0.717) is 30.5 Å². The molecule has 0 atom stereocenters. The van der Waals surface area contributed by atoms with E-state index in [1.165, 1.54) is 13.4 Å². The summed E-state index contributed by atoms with van der Waals surface area (Å²) < 4.78 is 9.73. The topological polar surface area (TPSA) is 99.4 Å². The van der Waals surface area contributed by atoms with E-state index in [2.05, 4.69) is 15.3 Å². The summed E-state index contributed by atoms with van der Waals surface area (Å²) in [5, 5.41) is 2.92. The van der Waals surface area contributed by atoms with E-state index >= 15 is 0 Å². The summed E-state index contributed by atoms with van der Waals surface area (Å²) in [6.45, 7) is 2.53. The number of nitrogens with one attached hydrogen (secondary N) is 1. The maximum Gasteiger partial charge on any atom is 0.307 e. The average molecular weight is 240 g/mol.